The molecule has 0 aliphatic rings. The first-order valence-corrected chi connectivity index (χ1v) is 2.92. The van der Waals surface area contributed by atoms with Crippen molar-refractivity contribution >= 4 is 6.03 Å². The second-order valence-electron chi connectivity index (χ2n) is 1.28. The summed E-state index contributed by atoms with van der Waals surface area (Å²) >= 11 is 0. The lowest BCUT2D eigenvalue weighted by atomic mass is 10.6. The van der Waals surface area contributed by atoms with E-state index in [1.54, 1.807) is 18.2 Å². The molecule has 0 spiro atoms. The van der Waals surface area contributed by atoms with Gasteiger partial charge in [0.1, 0.15) is 0 Å². The zero-order valence-corrected chi connectivity index (χ0v) is 6.92. The van der Waals surface area contributed by atoms with Crippen molar-refractivity contribution in [1.82, 2.24) is 0 Å². The van der Waals surface area contributed by atoms with Gasteiger partial charge in [0.2, 0.25) is 0 Å². The van der Waals surface area contributed by atoms with Gasteiger partial charge in [-0.1, -0.05) is 31.4 Å². The average Bonchev–Trinajstić information content (AvgIpc) is 1.88. The molecule has 0 saturated heterocycles. The maximum Gasteiger partial charge on any atom is 0.309 e. The Morgan fingerprint density at radius 2 is 1.27 bits per heavy atom. The molecule has 4 N–H and O–H groups in total. The van der Waals surface area contributed by atoms with Crippen molar-refractivity contribution in [2.24, 2.45) is 11.5 Å². The van der Waals surface area contributed by atoms with E-state index in [2.05, 4.69) is 31.2 Å². The lowest BCUT2D eigenvalue weighted by Gasteiger charge is -1.62. The van der Waals surface area contributed by atoms with E-state index in [-0.39, 0.29) is 0 Å². The molecule has 0 aromatic carbocycles. The summed E-state index contributed by atoms with van der Waals surface area (Å²) < 4.78 is 0. The number of hydrogen-bond donors (Lipinski definition) is 2. The number of amides is 2. The van der Waals surface area contributed by atoms with Gasteiger partial charge in [0.15, 0.2) is 0 Å². The van der Waals surface area contributed by atoms with E-state index in [0.29, 0.717) is 0 Å². The van der Waals surface area contributed by atoms with Gasteiger partial charge in [0, 0.05) is 0 Å². The van der Waals surface area contributed by atoms with Crippen LogP contribution in [0.1, 0.15) is 6.92 Å². The molecule has 0 fully saturated rings. The second-order valence-corrected chi connectivity index (χ2v) is 1.28. The van der Waals surface area contributed by atoms with Crippen LogP contribution in [0.2, 0.25) is 0 Å². The molecule has 11 heavy (non-hydrogen) atoms. The average molecular weight is 156 g/mol. The molecule has 0 radical (unpaired) electrons. The third-order valence-corrected chi connectivity index (χ3v) is 0.167. The molecule has 0 aromatic rings. The fourth-order valence-corrected chi connectivity index (χ4v) is 0. The van der Waals surface area contributed by atoms with Crippen LogP contribution in [0.25, 0.3) is 0 Å². The molecule has 0 aromatic heterocycles. The summed E-state index contributed by atoms with van der Waals surface area (Å²) in [6.45, 7) is 12.0. The predicted molar refractivity (Wildman–Crippen MR) is 50.0 cm³/mol. The van der Waals surface area contributed by atoms with Crippen LogP contribution in [0.3, 0.4) is 0 Å². The number of allylic oxidation sites excluding steroid dienone is 3. The summed E-state index contributed by atoms with van der Waals surface area (Å²) in [6, 6.07) is -0.833. The van der Waals surface area contributed by atoms with Crippen LogP contribution >= 0.6 is 0 Å². The molecule has 0 heterocycles. The van der Waals surface area contributed by atoms with Crippen molar-refractivity contribution in [2.45, 2.75) is 6.92 Å². The minimum atomic E-state index is -0.833. The molecule has 0 aliphatic heterocycles. The Hall–Kier alpha value is -1.51. The second kappa shape index (κ2) is 23.6. The third-order valence-electron chi connectivity index (χ3n) is 0.167. The van der Waals surface area contributed by atoms with E-state index in [1.165, 1.54) is 0 Å². The van der Waals surface area contributed by atoms with Crippen LogP contribution in [-0.2, 0) is 0 Å². The van der Waals surface area contributed by atoms with Gasteiger partial charge in [-0.05, 0) is 6.92 Å². The maximum absolute atomic E-state index is 9.00. The Balaban J connectivity index is -0.0000000886. The van der Waals surface area contributed by atoms with Crippen LogP contribution in [0.15, 0.2) is 38.0 Å². The summed E-state index contributed by atoms with van der Waals surface area (Å²) in [4.78, 5) is 9.00. The summed E-state index contributed by atoms with van der Waals surface area (Å²) in [6.07, 6.45) is 5.03. The van der Waals surface area contributed by atoms with Crippen molar-refractivity contribution in [3.63, 3.8) is 0 Å². The first kappa shape index (κ1) is 16.2. The number of hydrogen-bond acceptors (Lipinski definition) is 1. The van der Waals surface area contributed by atoms with E-state index in [9.17, 15) is 0 Å². The van der Waals surface area contributed by atoms with Gasteiger partial charge in [-0.25, -0.2) is 4.79 Å². The Kier molecular flexibility index (Phi) is 34.9. The highest BCUT2D eigenvalue weighted by molar-refractivity contribution is 5.69. The molecule has 0 atom stereocenters. The summed E-state index contributed by atoms with van der Waals surface area (Å²) in [7, 11) is 0. The molecule has 0 aliphatic carbocycles. The van der Waals surface area contributed by atoms with Crippen molar-refractivity contribution in [2.75, 3.05) is 0 Å². The zero-order chi connectivity index (χ0) is 9.70. The monoisotopic (exact) mass is 156 g/mol. The molecule has 3 heteroatoms. The van der Waals surface area contributed by atoms with Crippen LogP contribution < -0.4 is 11.5 Å². The van der Waals surface area contributed by atoms with E-state index in [1.807, 2.05) is 6.92 Å². The first-order chi connectivity index (χ1) is 5.06. The largest absolute Gasteiger partial charge is 0.352 e. The standard InChI is InChI=1S/C4H6.C3H6.CH4N2O/c1-3-4-2;1-3-2;2-1(3)4/h3-4H,1-2H2;3H,1H2,2H3;(H4,2,3,4). The smallest absolute Gasteiger partial charge is 0.309 e. The van der Waals surface area contributed by atoms with Crippen LogP contribution in [0, 0.1) is 0 Å². The molecule has 0 bridgehead atoms. The lowest BCUT2D eigenvalue weighted by molar-refractivity contribution is 0.256. The fourth-order valence-electron chi connectivity index (χ4n) is 0. The first-order valence-electron chi connectivity index (χ1n) is 2.92. The van der Waals surface area contributed by atoms with Gasteiger partial charge in [0.25, 0.3) is 0 Å². The normalized spacial score (nSPS) is 5.18. The number of urea groups is 1. The number of rotatable bonds is 1. The number of nitrogens with two attached hydrogens (primary N) is 2. The Morgan fingerprint density at radius 3 is 1.27 bits per heavy atom. The van der Waals surface area contributed by atoms with E-state index in [0.717, 1.165) is 0 Å². The topological polar surface area (TPSA) is 69.1 Å². The van der Waals surface area contributed by atoms with Gasteiger partial charge < -0.3 is 11.5 Å². The fraction of sp³-hybridized carbons (Fsp3) is 0.125. The summed E-state index contributed by atoms with van der Waals surface area (Å²) in [5.74, 6) is 0. The van der Waals surface area contributed by atoms with Crippen LogP contribution in [0.4, 0.5) is 4.79 Å². The summed E-state index contributed by atoms with van der Waals surface area (Å²) in [5.41, 5.74) is 8.50. The number of carbonyl (C=O) groups is 1. The molecular weight excluding hydrogens is 140 g/mol. The Morgan fingerprint density at radius 1 is 1.18 bits per heavy atom. The van der Waals surface area contributed by atoms with E-state index < -0.39 is 6.03 Å². The molecular formula is C8H16N2O. The highest BCUT2D eigenvalue weighted by Gasteiger charge is 1.60. The molecule has 3 nitrogen and oxygen atoms in total. The van der Waals surface area contributed by atoms with Crippen LogP contribution in [-0.4, -0.2) is 6.03 Å². The van der Waals surface area contributed by atoms with E-state index in [4.69, 9.17) is 4.79 Å². The number of carbonyl (C=O) groups excluding carboxylic acids is 1. The van der Waals surface area contributed by atoms with Crippen molar-refractivity contribution in [1.29, 1.82) is 0 Å². The maximum atomic E-state index is 9.00. The molecule has 0 saturated carbocycles. The molecule has 0 rings (SSSR count). The van der Waals surface area contributed by atoms with Gasteiger partial charge >= 0.3 is 6.03 Å². The molecule has 0 unspecified atom stereocenters. The SMILES string of the molecule is C=CC.C=CC=C.NC(N)=O. The summed E-state index contributed by atoms with van der Waals surface area (Å²) in [5, 5.41) is 0. The van der Waals surface area contributed by atoms with Gasteiger partial charge in [-0.15, -0.1) is 6.58 Å². The third kappa shape index (κ3) is 1370. The predicted octanol–water partition coefficient (Wildman–Crippen LogP) is 1.57. The van der Waals surface area contributed by atoms with Crippen molar-refractivity contribution in [3.05, 3.63) is 38.0 Å². The lowest BCUT2D eigenvalue weighted by Crippen LogP contribution is -2.18. The van der Waals surface area contributed by atoms with Gasteiger partial charge in [-0.2, -0.15) is 0 Å². The minimum Gasteiger partial charge on any atom is -0.352 e. The van der Waals surface area contributed by atoms with Crippen LogP contribution in [0.5, 0.6) is 0 Å². The minimum absolute atomic E-state index is 0.833. The van der Waals surface area contributed by atoms with E-state index >= 15 is 0 Å². The highest BCUT2D eigenvalue weighted by atomic mass is 16.2. The van der Waals surface area contributed by atoms with Crippen molar-refractivity contribution in [3.8, 4) is 0 Å². The quantitative estimate of drug-likeness (QED) is 0.439. The molecule has 64 valence electrons. The Bertz CT molecular complexity index is 109. The highest BCUT2D eigenvalue weighted by Crippen LogP contribution is 1.52. The Labute approximate surface area is 68.1 Å². The molecule has 2 amide bonds. The zero-order valence-electron chi connectivity index (χ0n) is 6.92. The number of primary amides is 2. The van der Waals surface area contributed by atoms with Gasteiger partial charge in [0.05, 0.1) is 0 Å². The van der Waals surface area contributed by atoms with Crippen molar-refractivity contribution < 1.29 is 4.79 Å². The van der Waals surface area contributed by atoms with Gasteiger partial charge in [-0.3, -0.25) is 0 Å².